The molecule has 0 fully saturated rings. The molecule has 0 saturated carbocycles. The van der Waals surface area contributed by atoms with Crippen molar-refractivity contribution in [3.63, 3.8) is 0 Å². The van der Waals surface area contributed by atoms with Crippen molar-refractivity contribution in [2.75, 3.05) is 12.3 Å². The summed E-state index contributed by atoms with van der Waals surface area (Å²) < 4.78 is 0. The molecule has 1 atom stereocenters. The summed E-state index contributed by atoms with van der Waals surface area (Å²) in [7, 11) is 0. The number of halogens is 2. The molecule has 0 bridgehead atoms. The molecule has 116 valence electrons. The van der Waals surface area contributed by atoms with E-state index in [2.05, 4.69) is 5.32 Å². The molecule has 0 spiro atoms. The molecule has 0 aliphatic carbocycles. The number of rotatable bonds is 7. The Morgan fingerprint density at radius 3 is 2.62 bits per heavy atom. The van der Waals surface area contributed by atoms with Crippen molar-refractivity contribution in [3.05, 3.63) is 28.2 Å². The predicted octanol–water partition coefficient (Wildman–Crippen LogP) is 3.70. The summed E-state index contributed by atoms with van der Waals surface area (Å²) in [6, 6.07) is 5.03. The van der Waals surface area contributed by atoms with E-state index >= 15 is 0 Å². The number of hydrogen-bond donors (Lipinski definition) is 2. The molecule has 0 aromatic heterocycles. The lowest BCUT2D eigenvalue weighted by Gasteiger charge is -2.23. The van der Waals surface area contributed by atoms with Gasteiger partial charge in [-0.15, -0.1) is 11.8 Å². The number of carbonyl (C=O) groups excluding carboxylic acids is 1. The van der Waals surface area contributed by atoms with Gasteiger partial charge in [-0.25, -0.2) is 0 Å². The maximum Gasteiger partial charge on any atom is 0.311 e. The molecule has 0 saturated heterocycles. The van der Waals surface area contributed by atoms with Crippen LogP contribution in [0, 0.1) is 5.41 Å². The molecular weight excluding hydrogens is 333 g/mol. The maximum absolute atomic E-state index is 11.8. The fraction of sp³-hybridized carbons (Fsp3) is 0.429. The number of hydrogen-bond acceptors (Lipinski definition) is 3. The Morgan fingerprint density at radius 1 is 1.38 bits per heavy atom. The molecule has 4 nitrogen and oxygen atoms in total. The summed E-state index contributed by atoms with van der Waals surface area (Å²) in [6.07, 6.45) is 0.440. The van der Waals surface area contributed by atoms with E-state index in [9.17, 15) is 9.59 Å². The number of aliphatic carboxylic acids is 1. The van der Waals surface area contributed by atoms with E-state index in [0.29, 0.717) is 16.5 Å². The summed E-state index contributed by atoms with van der Waals surface area (Å²) in [4.78, 5) is 23.7. The largest absolute Gasteiger partial charge is 0.481 e. The van der Waals surface area contributed by atoms with Crippen molar-refractivity contribution in [2.45, 2.75) is 25.2 Å². The first-order valence-corrected chi connectivity index (χ1v) is 8.10. The molecule has 1 aromatic carbocycles. The van der Waals surface area contributed by atoms with Crippen LogP contribution < -0.4 is 5.32 Å². The van der Waals surface area contributed by atoms with Gasteiger partial charge in [-0.1, -0.05) is 30.1 Å². The minimum Gasteiger partial charge on any atom is -0.481 e. The molecule has 1 amide bonds. The Morgan fingerprint density at radius 2 is 2.05 bits per heavy atom. The highest BCUT2D eigenvalue weighted by Crippen LogP contribution is 2.29. The van der Waals surface area contributed by atoms with E-state index < -0.39 is 11.4 Å². The minimum atomic E-state index is -0.950. The third kappa shape index (κ3) is 5.41. The fourth-order valence-corrected chi connectivity index (χ4v) is 2.75. The summed E-state index contributed by atoms with van der Waals surface area (Å²) in [6.45, 7) is 3.48. The number of amides is 1. The molecule has 0 aliphatic rings. The normalized spacial score (nSPS) is 13.5. The highest BCUT2D eigenvalue weighted by Gasteiger charge is 2.31. The average Bonchev–Trinajstić information content (AvgIpc) is 2.45. The highest BCUT2D eigenvalue weighted by atomic mass is 35.5. The van der Waals surface area contributed by atoms with Crippen LogP contribution in [-0.4, -0.2) is 29.3 Å². The smallest absolute Gasteiger partial charge is 0.311 e. The average molecular weight is 350 g/mol. The molecular formula is C14H17Cl2NO3S. The third-order valence-electron chi connectivity index (χ3n) is 3.22. The second kappa shape index (κ2) is 7.92. The molecule has 2 N–H and O–H groups in total. The van der Waals surface area contributed by atoms with Crippen LogP contribution in [0.3, 0.4) is 0 Å². The first kappa shape index (κ1) is 18.1. The standard InChI is InChI=1S/C14H17Cl2NO3S/c1-3-14(2,13(19)20)8-17-12(18)7-21-11-6-9(15)4-5-10(11)16/h4-6H,3,7-8H2,1-2H3,(H,17,18)(H,19,20). The lowest BCUT2D eigenvalue weighted by Crippen LogP contribution is -2.41. The van der Waals surface area contributed by atoms with E-state index in [4.69, 9.17) is 28.3 Å². The van der Waals surface area contributed by atoms with E-state index in [1.165, 1.54) is 11.8 Å². The number of carbonyl (C=O) groups is 2. The fourth-order valence-electron chi connectivity index (χ4n) is 1.43. The molecule has 0 radical (unpaired) electrons. The molecule has 1 aromatic rings. The third-order valence-corrected chi connectivity index (χ3v) is 4.96. The molecule has 21 heavy (non-hydrogen) atoms. The van der Waals surface area contributed by atoms with Crippen LogP contribution >= 0.6 is 35.0 Å². The van der Waals surface area contributed by atoms with Crippen LogP contribution in [0.1, 0.15) is 20.3 Å². The van der Waals surface area contributed by atoms with Gasteiger partial charge >= 0.3 is 5.97 Å². The van der Waals surface area contributed by atoms with Crippen LogP contribution in [0.15, 0.2) is 23.1 Å². The van der Waals surface area contributed by atoms with Crippen LogP contribution in [-0.2, 0) is 9.59 Å². The van der Waals surface area contributed by atoms with Crippen molar-refractivity contribution in [2.24, 2.45) is 5.41 Å². The van der Waals surface area contributed by atoms with E-state index in [-0.39, 0.29) is 18.2 Å². The van der Waals surface area contributed by atoms with Crippen LogP contribution in [0.5, 0.6) is 0 Å². The lowest BCUT2D eigenvalue weighted by molar-refractivity contribution is -0.148. The zero-order chi connectivity index (χ0) is 16.0. The molecule has 1 rings (SSSR count). The Balaban J connectivity index is 2.51. The topological polar surface area (TPSA) is 66.4 Å². The van der Waals surface area contributed by atoms with Crippen molar-refractivity contribution in [1.29, 1.82) is 0 Å². The van der Waals surface area contributed by atoms with E-state index in [1.54, 1.807) is 32.0 Å². The SMILES string of the molecule is CCC(C)(CNC(=O)CSc1cc(Cl)ccc1Cl)C(=O)O. The number of nitrogens with one attached hydrogen (secondary N) is 1. The van der Waals surface area contributed by atoms with Gasteiger partial charge in [0, 0.05) is 16.5 Å². The van der Waals surface area contributed by atoms with Gasteiger partial charge in [-0.05, 0) is 31.5 Å². The number of carboxylic acids is 1. The monoisotopic (exact) mass is 349 g/mol. The Kier molecular flexibility index (Phi) is 6.84. The van der Waals surface area contributed by atoms with Gasteiger partial charge in [0.25, 0.3) is 0 Å². The highest BCUT2D eigenvalue weighted by molar-refractivity contribution is 8.00. The molecule has 0 heterocycles. The summed E-state index contributed by atoms with van der Waals surface area (Å²) in [5.41, 5.74) is -0.950. The maximum atomic E-state index is 11.8. The zero-order valence-corrected chi connectivity index (χ0v) is 14.1. The summed E-state index contributed by atoms with van der Waals surface area (Å²) in [5.74, 6) is -1.01. The van der Waals surface area contributed by atoms with E-state index in [0.717, 1.165) is 4.90 Å². The van der Waals surface area contributed by atoms with Gasteiger partial charge in [-0.3, -0.25) is 9.59 Å². The summed E-state index contributed by atoms with van der Waals surface area (Å²) in [5, 5.41) is 12.9. The van der Waals surface area contributed by atoms with Crippen molar-refractivity contribution < 1.29 is 14.7 Å². The Hall–Kier alpha value is -0.910. The summed E-state index contributed by atoms with van der Waals surface area (Å²) >= 11 is 13.1. The quantitative estimate of drug-likeness (QED) is 0.736. The van der Waals surface area contributed by atoms with Crippen molar-refractivity contribution in [1.82, 2.24) is 5.32 Å². The van der Waals surface area contributed by atoms with Gasteiger partial charge in [0.1, 0.15) is 0 Å². The van der Waals surface area contributed by atoms with Crippen LogP contribution in [0.25, 0.3) is 0 Å². The van der Waals surface area contributed by atoms with Gasteiger partial charge in [0.15, 0.2) is 0 Å². The lowest BCUT2D eigenvalue weighted by atomic mass is 9.88. The minimum absolute atomic E-state index is 0.0987. The van der Waals surface area contributed by atoms with Gasteiger partial charge in [0.05, 0.1) is 16.2 Å². The van der Waals surface area contributed by atoms with E-state index in [1.807, 2.05) is 0 Å². The van der Waals surface area contributed by atoms with Crippen LogP contribution in [0.2, 0.25) is 10.0 Å². The zero-order valence-electron chi connectivity index (χ0n) is 11.8. The second-order valence-corrected chi connectivity index (χ2v) is 6.72. The Labute approximate surface area is 138 Å². The number of benzene rings is 1. The molecule has 7 heteroatoms. The first-order valence-electron chi connectivity index (χ1n) is 6.36. The van der Waals surface area contributed by atoms with Gasteiger partial charge < -0.3 is 10.4 Å². The van der Waals surface area contributed by atoms with Gasteiger partial charge in [0.2, 0.25) is 5.91 Å². The van der Waals surface area contributed by atoms with Crippen molar-refractivity contribution in [3.8, 4) is 0 Å². The molecule has 1 unspecified atom stereocenters. The van der Waals surface area contributed by atoms with Crippen molar-refractivity contribution >= 4 is 46.8 Å². The number of carboxylic acid groups (broad SMARTS) is 1. The first-order chi connectivity index (χ1) is 9.78. The number of thioether (sulfide) groups is 1. The Bertz CT molecular complexity index is 539. The second-order valence-electron chi connectivity index (χ2n) is 4.86. The molecule has 0 aliphatic heterocycles. The van der Waals surface area contributed by atoms with Gasteiger partial charge in [-0.2, -0.15) is 0 Å². The van der Waals surface area contributed by atoms with Crippen LogP contribution in [0.4, 0.5) is 0 Å². The predicted molar refractivity (Wildman–Crippen MR) is 86.2 cm³/mol.